The summed E-state index contributed by atoms with van der Waals surface area (Å²) in [5.74, 6) is 0. The molecule has 0 aliphatic heterocycles. The van der Waals surface area contributed by atoms with Crippen LogP contribution in [0.3, 0.4) is 0 Å². The first-order valence-corrected chi connectivity index (χ1v) is 1.95. The van der Waals surface area contributed by atoms with Gasteiger partial charge < -0.3 is 9.59 Å². The van der Waals surface area contributed by atoms with Crippen molar-refractivity contribution >= 4 is 28.0 Å². The zero-order valence-corrected chi connectivity index (χ0v) is 5.66. The summed E-state index contributed by atoms with van der Waals surface area (Å²) in [4.78, 5) is 14.3. The third-order valence-corrected chi connectivity index (χ3v) is 0. The van der Waals surface area contributed by atoms with E-state index in [2.05, 4.69) is 0 Å². The summed E-state index contributed by atoms with van der Waals surface area (Å²) < 4.78 is 8.74. The van der Waals surface area contributed by atoms with Gasteiger partial charge in [-0.1, -0.05) is 0 Å². The van der Waals surface area contributed by atoms with Gasteiger partial charge in [-0.3, -0.25) is 4.46 Å². The number of rotatable bonds is 0. The fourth-order valence-corrected chi connectivity index (χ4v) is 0. The monoisotopic (exact) mass is 199 g/mol. The van der Waals surface area contributed by atoms with E-state index in [0.29, 0.717) is 0 Å². The van der Waals surface area contributed by atoms with Crippen LogP contribution in [0.15, 0.2) is 0 Å². The Hall–Kier alpha value is 1.23. The second-order valence-corrected chi connectivity index (χ2v) is 0.848. The molecule has 0 saturated heterocycles. The molecule has 0 spiro atoms. The molecule has 2 N–H and O–H groups in total. The van der Waals surface area contributed by atoms with Crippen LogP contribution < -0.4 is 0 Å². The smallest absolute Gasteiger partial charge is 0 e. The Morgan fingerprint density at radius 2 is 1.29 bits per heavy atom. The maximum absolute atomic E-state index is 8.74. The Balaban J connectivity index is -0.0000000150. The summed E-state index contributed by atoms with van der Waals surface area (Å²) in [6.07, 6.45) is 0. The third-order valence-electron chi connectivity index (χ3n) is 0. The minimum Gasteiger partial charge on any atom is 0 e. The second-order valence-electron chi connectivity index (χ2n) is 0.283. The van der Waals surface area contributed by atoms with Gasteiger partial charge in [0.1, 0.15) is 0 Å². The summed E-state index contributed by atoms with van der Waals surface area (Å²) >= 11 is 0. The zero-order valence-electron chi connectivity index (χ0n) is 2.50. The van der Waals surface area contributed by atoms with Gasteiger partial charge in [0.15, 0.2) is 0 Å². The first-order valence-electron chi connectivity index (χ1n) is 0.651. The minimum atomic E-state index is -3.13. The topological polar surface area (TPSA) is 57.5 Å². The largest absolute Gasteiger partial charge is 0 e. The second kappa shape index (κ2) is 15.7. The Kier molecular flexibility index (Phi) is 53.9. The van der Waals surface area contributed by atoms with Crippen molar-refractivity contribution in [3.63, 3.8) is 0 Å². The summed E-state index contributed by atoms with van der Waals surface area (Å²) in [6.45, 7) is 0. The SMILES string of the molecule is O=[Si](O)O.[LiH].[Mn].[Ni]. The predicted molar refractivity (Wildman–Crippen MR) is 18.0 cm³/mol. The van der Waals surface area contributed by atoms with Crippen LogP contribution in [0.2, 0.25) is 0 Å². The molecule has 1 radical (unpaired) electrons. The molecular formula is H3LiMnNiO3Si. The average molecular weight is 200 g/mol. The average Bonchev–Trinajstić information content (AvgIpc) is 0.811. The van der Waals surface area contributed by atoms with Gasteiger partial charge >= 0.3 is 28.0 Å². The van der Waals surface area contributed by atoms with E-state index in [1.54, 1.807) is 0 Å². The number of hydrogen-bond donors (Lipinski definition) is 2. The van der Waals surface area contributed by atoms with Crippen LogP contribution in [-0.4, -0.2) is 37.6 Å². The first kappa shape index (κ1) is 24.0. The van der Waals surface area contributed by atoms with Crippen molar-refractivity contribution in [2.24, 2.45) is 0 Å². The Labute approximate surface area is 75.4 Å². The molecule has 43 valence electrons. The fourth-order valence-electron chi connectivity index (χ4n) is 0. The van der Waals surface area contributed by atoms with Crippen LogP contribution in [0.5, 0.6) is 0 Å². The zero-order chi connectivity index (χ0) is 3.58. The standard InChI is InChI=1S/Li.Mn.Ni.H2O3Si.H/c;;;1-4(2)3;/h;;;1-2H;. The molecule has 0 aromatic heterocycles. The molecule has 0 bridgehead atoms. The molecule has 7 heavy (non-hydrogen) atoms. The van der Waals surface area contributed by atoms with Crippen LogP contribution >= 0.6 is 0 Å². The minimum absolute atomic E-state index is 0. The maximum atomic E-state index is 8.74. The van der Waals surface area contributed by atoms with E-state index >= 15 is 0 Å². The van der Waals surface area contributed by atoms with Crippen LogP contribution in [0.4, 0.5) is 0 Å². The van der Waals surface area contributed by atoms with Gasteiger partial charge in [0, 0.05) is 33.6 Å². The van der Waals surface area contributed by atoms with E-state index < -0.39 is 9.17 Å². The molecule has 0 rings (SSSR count). The molecule has 3 nitrogen and oxygen atoms in total. The van der Waals surface area contributed by atoms with Gasteiger partial charge in [0.05, 0.1) is 0 Å². The van der Waals surface area contributed by atoms with Gasteiger partial charge in [0.2, 0.25) is 0 Å². The molecule has 0 saturated carbocycles. The van der Waals surface area contributed by atoms with E-state index in [-0.39, 0.29) is 52.4 Å². The maximum Gasteiger partial charge on any atom is 0 e. The van der Waals surface area contributed by atoms with Gasteiger partial charge in [-0.2, -0.15) is 0 Å². The summed E-state index contributed by atoms with van der Waals surface area (Å²) in [6, 6.07) is 0. The Morgan fingerprint density at radius 1 is 1.29 bits per heavy atom. The summed E-state index contributed by atoms with van der Waals surface area (Å²) in [5.41, 5.74) is 0. The Bertz CT molecular complexity index is 37.9. The van der Waals surface area contributed by atoms with E-state index in [9.17, 15) is 0 Å². The van der Waals surface area contributed by atoms with Crippen molar-refractivity contribution in [2.45, 2.75) is 0 Å². The van der Waals surface area contributed by atoms with E-state index in [1.807, 2.05) is 0 Å². The molecule has 7 heteroatoms. The van der Waals surface area contributed by atoms with Gasteiger partial charge in [0.25, 0.3) is 0 Å². The first-order chi connectivity index (χ1) is 1.73. The van der Waals surface area contributed by atoms with Gasteiger partial charge in [-0.25, -0.2) is 0 Å². The molecule has 0 fully saturated rings. The summed E-state index contributed by atoms with van der Waals surface area (Å²) in [7, 11) is -3.13. The Morgan fingerprint density at radius 3 is 1.29 bits per heavy atom. The van der Waals surface area contributed by atoms with Crippen LogP contribution in [-0.2, 0) is 38.0 Å². The summed E-state index contributed by atoms with van der Waals surface area (Å²) in [5, 5.41) is 0. The van der Waals surface area contributed by atoms with Gasteiger partial charge in [-0.15, -0.1) is 0 Å². The molecular weight excluding hydrogens is 197 g/mol. The molecule has 0 aromatic rings. The van der Waals surface area contributed by atoms with Crippen molar-refractivity contribution < 1.29 is 47.6 Å². The van der Waals surface area contributed by atoms with E-state index in [1.165, 1.54) is 0 Å². The van der Waals surface area contributed by atoms with Crippen molar-refractivity contribution in [3.05, 3.63) is 0 Å². The van der Waals surface area contributed by atoms with Crippen molar-refractivity contribution in [1.82, 2.24) is 0 Å². The van der Waals surface area contributed by atoms with Crippen molar-refractivity contribution in [2.75, 3.05) is 0 Å². The van der Waals surface area contributed by atoms with Crippen molar-refractivity contribution in [3.8, 4) is 0 Å². The van der Waals surface area contributed by atoms with Crippen LogP contribution in [0.25, 0.3) is 0 Å². The van der Waals surface area contributed by atoms with Crippen LogP contribution in [0, 0.1) is 0 Å². The quantitative estimate of drug-likeness (QED) is 0.433. The fraction of sp³-hybridized carbons (Fsp3) is 0. The van der Waals surface area contributed by atoms with E-state index in [0.717, 1.165) is 0 Å². The molecule has 0 heterocycles. The molecule has 0 aliphatic carbocycles. The van der Waals surface area contributed by atoms with Crippen molar-refractivity contribution in [1.29, 1.82) is 0 Å². The molecule has 0 unspecified atom stereocenters. The molecule has 0 aliphatic rings. The normalized spacial score (nSPS) is 3.43. The van der Waals surface area contributed by atoms with Gasteiger partial charge in [-0.05, 0) is 0 Å². The predicted octanol–water partition coefficient (Wildman–Crippen LogP) is -2.27. The van der Waals surface area contributed by atoms with E-state index in [4.69, 9.17) is 14.1 Å². The molecule has 0 aromatic carbocycles. The number of hydrogen-bond acceptors (Lipinski definition) is 1. The molecule has 0 amide bonds. The molecule has 0 atom stereocenters. The van der Waals surface area contributed by atoms with Crippen LogP contribution in [0.1, 0.15) is 0 Å². The third kappa shape index (κ3) is 131.